The van der Waals surface area contributed by atoms with Crippen molar-refractivity contribution in [3.05, 3.63) is 56.0 Å². The number of hydrogen-bond acceptors (Lipinski definition) is 4. The van der Waals surface area contributed by atoms with Crippen molar-refractivity contribution in [2.24, 2.45) is 5.10 Å². The molecule has 7 heteroatoms. The highest BCUT2D eigenvalue weighted by atomic mass is 79.9. The number of phenols is 2. The molecular formula is C15H12Br2N2O3. The smallest absolute Gasteiger partial charge is 0.275 e. The van der Waals surface area contributed by atoms with E-state index in [0.717, 1.165) is 5.56 Å². The molecule has 2 aromatic carbocycles. The second kappa shape index (κ2) is 6.93. The van der Waals surface area contributed by atoms with Crippen molar-refractivity contribution in [2.75, 3.05) is 0 Å². The quantitative estimate of drug-likeness (QED) is 0.516. The molecule has 0 atom stereocenters. The molecule has 114 valence electrons. The molecule has 0 saturated heterocycles. The van der Waals surface area contributed by atoms with Crippen molar-refractivity contribution in [1.29, 1.82) is 0 Å². The molecule has 1 amide bonds. The number of benzene rings is 2. The Morgan fingerprint density at radius 3 is 2.68 bits per heavy atom. The van der Waals surface area contributed by atoms with Crippen molar-refractivity contribution in [3.8, 4) is 11.5 Å². The van der Waals surface area contributed by atoms with E-state index in [9.17, 15) is 15.0 Å². The van der Waals surface area contributed by atoms with E-state index >= 15 is 0 Å². The summed E-state index contributed by atoms with van der Waals surface area (Å²) >= 11 is 6.40. The van der Waals surface area contributed by atoms with Crippen molar-refractivity contribution < 1.29 is 15.0 Å². The minimum Gasteiger partial charge on any atom is -0.507 e. The Labute approximate surface area is 143 Å². The molecule has 3 N–H and O–H groups in total. The lowest BCUT2D eigenvalue weighted by Crippen LogP contribution is -2.18. The first-order valence-corrected chi connectivity index (χ1v) is 7.78. The van der Waals surface area contributed by atoms with Crippen LogP contribution in [-0.4, -0.2) is 22.3 Å². The molecule has 0 saturated carbocycles. The van der Waals surface area contributed by atoms with Gasteiger partial charge in [-0.15, -0.1) is 0 Å². The summed E-state index contributed by atoms with van der Waals surface area (Å²) in [7, 11) is 0. The lowest BCUT2D eigenvalue weighted by Gasteiger charge is -2.06. The largest absolute Gasteiger partial charge is 0.507 e. The third-order valence-corrected chi connectivity index (χ3v) is 3.89. The van der Waals surface area contributed by atoms with Crippen LogP contribution in [0.15, 0.2) is 44.4 Å². The van der Waals surface area contributed by atoms with E-state index in [-0.39, 0.29) is 17.1 Å². The monoisotopic (exact) mass is 426 g/mol. The first-order valence-electron chi connectivity index (χ1n) is 6.19. The van der Waals surface area contributed by atoms with Gasteiger partial charge in [0.2, 0.25) is 0 Å². The summed E-state index contributed by atoms with van der Waals surface area (Å²) in [5, 5.41) is 23.3. The van der Waals surface area contributed by atoms with Gasteiger partial charge < -0.3 is 10.2 Å². The zero-order valence-corrected chi connectivity index (χ0v) is 14.6. The predicted molar refractivity (Wildman–Crippen MR) is 91.4 cm³/mol. The summed E-state index contributed by atoms with van der Waals surface area (Å²) in [5.41, 5.74) is 3.83. The van der Waals surface area contributed by atoms with Gasteiger partial charge in [-0.1, -0.05) is 27.6 Å². The minimum absolute atomic E-state index is 0.0663. The summed E-state index contributed by atoms with van der Waals surface area (Å²) in [4.78, 5) is 12.0. The highest BCUT2D eigenvalue weighted by molar-refractivity contribution is 9.11. The van der Waals surface area contributed by atoms with Crippen molar-refractivity contribution in [2.45, 2.75) is 6.92 Å². The predicted octanol–water partition coefficient (Wildman–Crippen LogP) is 3.70. The number of nitrogens with one attached hydrogen (secondary N) is 1. The third kappa shape index (κ3) is 3.86. The molecule has 0 unspecified atom stereocenters. The number of hydrogen-bond donors (Lipinski definition) is 3. The number of amides is 1. The molecule has 2 rings (SSSR count). The van der Waals surface area contributed by atoms with E-state index < -0.39 is 5.91 Å². The molecule has 0 aliphatic heterocycles. The molecule has 0 aromatic heterocycles. The van der Waals surface area contributed by atoms with Gasteiger partial charge in [-0.05, 0) is 47.1 Å². The average Bonchev–Trinajstić information content (AvgIpc) is 2.46. The van der Waals surface area contributed by atoms with Gasteiger partial charge in [-0.3, -0.25) is 4.79 Å². The number of carbonyl (C=O) groups is 1. The molecular weight excluding hydrogens is 416 g/mol. The van der Waals surface area contributed by atoms with E-state index in [4.69, 9.17) is 0 Å². The number of aryl methyl sites for hydroxylation is 1. The summed E-state index contributed by atoms with van der Waals surface area (Å²) in [5.74, 6) is -0.672. The zero-order chi connectivity index (χ0) is 16.3. The molecule has 0 aliphatic rings. The normalized spacial score (nSPS) is 10.9. The van der Waals surface area contributed by atoms with Crippen LogP contribution < -0.4 is 5.43 Å². The van der Waals surface area contributed by atoms with Gasteiger partial charge in [0.25, 0.3) is 5.91 Å². The Morgan fingerprint density at radius 2 is 1.95 bits per heavy atom. The fraction of sp³-hybridized carbons (Fsp3) is 0.0667. The van der Waals surface area contributed by atoms with Crippen LogP contribution in [0.2, 0.25) is 0 Å². The summed E-state index contributed by atoms with van der Waals surface area (Å²) in [6, 6.07) is 8.16. The van der Waals surface area contributed by atoms with Crippen LogP contribution in [0.3, 0.4) is 0 Å². The zero-order valence-electron chi connectivity index (χ0n) is 11.5. The van der Waals surface area contributed by atoms with Crippen LogP contribution >= 0.6 is 31.9 Å². The molecule has 22 heavy (non-hydrogen) atoms. The first-order chi connectivity index (χ1) is 10.4. The fourth-order valence-electron chi connectivity index (χ4n) is 1.74. The van der Waals surface area contributed by atoms with Crippen molar-refractivity contribution in [3.63, 3.8) is 0 Å². The number of carbonyl (C=O) groups excluding carboxylic acids is 1. The maximum atomic E-state index is 12.0. The minimum atomic E-state index is -0.567. The molecule has 5 nitrogen and oxygen atoms in total. The van der Waals surface area contributed by atoms with Crippen LogP contribution in [0.5, 0.6) is 11.5 Å². The van der Waals surface area contributed by atoms with Crippen LogP contribution in [0.25, 0.3) is 0 Å². The van der Waals surface area contributed by atoms with Crippen molar-refractivity contribution in [1.82, 2.24) is 5.43 Å². The van der Waals surface area contributed by atoms with Gasteiger partial charge >= 0.3 is 0 Å². The van der Waals surface area contributed by atoms with Crippen LogP contribution in [0, 0.1) is 6.92 Å². The molecule has 2 aromatic rings. The summed E-state index contributed by atoms with van der Waals surface area (Å²) in [6.45, 7) is 1.88. The van der Waals surface area contributed by atoms with Gasteiger partial charge in [-0.2, -0.15) is 5.10 Å². The van der Waals surface area contributed by atoms with Gasteiger partial charge in [0, 0.05) is 10.0 Å². The Bertz CT molecular complexity index is 761. The topological polar surface area (TPSA) is 81.9 Å². The molecule has 0 radical (unpaired) electrons. The Hall–Kier alpha value is -1.86. The highest BCUT2D eigenvalue weighted by Crippen LogP contribution is 2.31. The molecule has 0 aliphatic carbocycles. The van der Waals surface area contributed by atoms with Gasteiger partial charge in [0.05, 0.1) is 16.3 Å². The summed E-state index contributed by atoms with van der Waals surface area (Å²) in [6.07, 6.45) is 1.34. The maximum Gasteiger partial charge on any atom is 0.275 e. The lowest BCUT2D eigenvalue weighted by atomic mass is 10.1. The average molecular weight is 428 g/mol. The van der Waals surface area contributed by atoms with E-state index in [1.54, 1.807) is 24.3 Å². The Morgan fingerprint density at radius 1 is 1.23 bits per heavy atom. The van der Waals surface area contributed by atoms with E-state index in [1.165, 1.54) is 12.3 Å². The molecule has 0 bridgehead atoms. The van der Waals surface area contributed by atoms with E-state index in [0.29, 0.717) is 14.5 Å². The van der Waals surface area contributed by atoms with Gasteiger partial charge in [-0.25, -0.2) is 5.43 Å². The fourth-order valence-corrected chi connectivity index (χ4v) is 2.96. The SMILES string of the molecule is Cc1ccc(O)c(C=NNC(=O)c2cc(Br)cc(Br)c2O)c1. The second-order valence-electron chi connectivity index (χ2n) is 4.55. The molecule has 0 fully saturated rings. The number of rotatable bonds is 3. The summed E-state index contributed by atoms with van der Waals surface area (Å²) < 4.78 is 1.04. The first kappa shape index (κ1) is 16.5. The number of nitrogens with zero attached hydrogens (tertiary/aromatic N) is 1. The Kier molecular flexibility index (Phi) is 5.20. The van der Waals surface area contributed by atoms with Crippen molar-refractivity contribution >= 4 is 44.0 Å². The lowest BCUT2D eigenvalue weighted by molar-refractivity contribution is 0.0952. The van der Waals surface area contributed by atoms with Crippen LogP contribution in [0.1, 0.15) is 21.5 Å². The third-order valence-electron chi connectivity index (χ3n) is 2.83. The van der Waals surface area contributed by atoms with E-state index in [2.05, 4.69) is 42.4 Å². The number of hydrazone groups is 1. The van der Waals surface area contributed by atoms with Crippen LogP contribution in [-0.2, 0) is 0 Å². The van der Waals surface area contributed by atoms with Crippen LogP contribution in [0.4, 0.5) is 0 Å². The van der Waals surface area contributed by atoms with Gasteiger partial charge in [0.15, 0.2) is 0 Å². The highest BCUT2D eigenvalue weighted by Gasteiger charge is 2.14. The van der Waals surface area contributed by atoms with E-state index in [1.807, 2.05) is 6.92 Å². The number of phenolic OH excluding ortho intramolecular Hbond substituents is 2. The molecule has 0 spiro atoms. The van der Waals surface area contributed by atoms with Gasteiger partial charge in [0.1, 0.15) is 11.5 Å². The number of halogens is 2. The molecule has 0 heterocycles. The standard InChI is InChI=1S/C15H12Br2N2O3/c1-8-2-3-13(20)9(4-8)7-18-19-15(22)11-5-10(16)6-12(17)14(11)21/h2-7,20-21H,1H3,(H,19,22). The second-order valence-corrected chi connectivity index (χ2v) is 6.32. The number of aromatic hydroxyl groups is 2. The maximum absolute atomic E-state index is 12.0. The Balaban J connectivity index is 2.16.